The second-order valence-corrected chi connectivity index (χ2v) is 8.35. The highest BCUT2D eigenvalue weighted by atomic mass is 16.5. The summed E-state index contributed by atoms with van der Waals surface area (Å²) >= 11 is 0. The molecule has 2 bridgehead atoms. The first kappa shape index (κ1) is 18.6. The zero-order chi connectivity index (χ0) is 19.1. The number of hydrogen-bond donors (Lipinski definition) is 0. The van der Waals surface area contributed by atoms with E-state index in [1.807, 2.05) is 0 Å². The van der Waals surface area contributed by atoms with E-state index in [4.69, 9.17) is 9.47 Å². The molecule has 1 saturated carbocycles. The maximum absolute atomic E-state index is 6.35. The van der Waals surface area contributed by atoms with Crippen LogP contribution in [0.25, 0.3) is 0 Å². The van der Waals surface area contributed by atoms with Crippen LogP contribution in [0.15, 0.2) is 54.0 Å². The van der Waals surface area contributed by atoms with Gasteiger partial charge in [0.05, 0.1) is 24.2 Å². The van der Waals surface area contributed by atoms with Gasteiger partial charge in [0, 0.05) is 11.8 Å². The molecule has 4 atom stereocenters. The molecule has 0 radical (unpaired) electrons. The van der Waals surface area contributed by atoms with E-state index in [-0.39, 0.29) is 16.9 Å². The largest absolute Gasteiger partial charge is 0.497 e. The molecule has 146 valence electrons. The zero-order valence-electron chi connectivity index (χ0n) is 17.2. The molecule has 0 aromatic heterocycles. The van der Waals surface area contributed by atoms with Crippen LogP contribution in [0.3, 0.4) is 0 Å². The summed E-state index contributed by atoms with van der Waals surface area (Å²) in [5.41, 5.74) is 1.21. The van der Waals surface area contributed by atoms with Crippen molar-refractivity contribution in [2.75, 3.05) is 27.3 Å². The van der Waals surface area contributed by atoms with Crippen LogP contribution in [0.5, 0.6) is 0 Å². The molecule has 3 nitrogen and oxygen atoms in total. The second kappa shape index (κ2) is 7.01. The molecule has 0 N–H and O–H groups in total. The Morgan fingerprint density at radius 2 is 1.70 bits per heavy atom. The van der Waals surface area contributed by atoms with Crippen LogP contribution in [-0.4, -0.2) is 37.7 Å². The van der Waals surface area contributed by atoms with E-state index in [1.54, 1.807) is 0 Å². The Morgan fingerprint density at radius 1 is 1.00 bits per heavy atom. The standard InChI is InChI=1S/C24H33NO2/c1-5-26-21-16-19(18-12-8-7-9-13-18)24(25(3)4)17-22(27-6-2)23(21)15-11-10-14-20(23)24/h7-9,12-13,16-17,19-20H,5-6,10-11,14-15H2,1-4H3/t19-,20-,23+,24-/m1/s1. The SMILES string of the molecule is CCOC1=C[C@H](c2ccccc2)[C@]2(N(C)C)C=C(OCC)[C@]13CCCC[C@H]32. The smallest absolute Gasteiger partial charge is 0.108 e. The van der Waals surface area contributed by atoms with Gasteiger partial charge in [-0.3, -0.25) is 4.90 Å². The van der Waals surface area contributed by atoms with Crippen LogP contribution < -0.4 is 0 Å². The lowest BCUT2D eigenvalue weighted by Gasteiger charge is -2.55. The van der Waals surface area contributed by atoms with Gasteiger partial charge in [0.1, 0.15) is 11.5 Å². The van der Waals surface area contributed by atoms with Gasteiger partial charge >= 0.3 is 0 Å². The summed E-state index contributed by atoms with van der Waals surface area (Å²) in [5, 5.41) is 0. The van der Waals surface area contributed by atoms with Crippen molar-refractivity contribution in [3.05, 3.63) is 59.6 Å². The fourth-order valence-electron chi connectivity index (χ4n) is 6.09. The van der Waals surface area contributed by atoms with Crippen LogP contribution in [0, 0.1) is 11.3 Å². The summed E-state index contributed by atoms with van der Waals surface area (Å²) in [6.45, 7) is 5.60. The van der Waals surface area contributed by atoms with E-state index < -0.39 is 0 Å². The summed E-state index contributed by atoms with van der Waals surface area (Å²) < 4.78 is 12.7. The Labute approximate surface area is 164 Å². The first-order valence-corrected chi connectivity index (χ1v) is 10.5. The molecule has 1 fully saturated rings. The molecule has 27 heavy (non-hydrogen) atoms. The van der Waals surface area contributed by atoms with Crippen molar-refractivity contribution in [2.24, 2.45) is 11.3 Å². The lowest BCUT2D eigenvalue weighted by Crippen LogP contribution is -2.58. The first-order chi connectivity index (χ1) is 13.1. The summed E-state index contributed by atoms with van der Waals surface area (Å²) in [7, 11) is 4.47. The minimum atomic E-state index is -0.0835. The summed E-state index contributed by atoms with van der Waals surface area (Å²) in [6.07, 6.45) is 9.77. The van der Waals surface area contributed by atoms with Crippen molar-refractivity contribution in [1.82, 2.24) is 4.90 Å². The normalized spacial score (nSPS) is 34.7. The molecule has 3 heteroatoms. The van der Waals surface area contributed by atoms with Crippen molar-refractivity contribution in [3.63, 3.8) is 0 Å². The average Bonchev–Trinajstić information content (AvgIpc) is 2.93. The highest BCUT2D eigenvalue weighted by molar-refractivity contribution is 5.49. The second-order valence-electron chi connectivity index (χ2n) is 8.35. The predicted octanol–water partition coefficient (Wildman–Crippen LogP) is 5.12. The first-order valence-electron chi connectivity index (χ1n) is 10.5. The van der Waals surface area contributed by atoms with Crippen LogP contribution in [0.1, 0.15) is 51.0 Å². The summed E-state index contributed by atoms with van der Waals surface area (Å²) in [4.78, 5) is 2.45. The molecule has 1 aromatic rings. The van der Waals surface area contributed by atoms with E-state index in [1.165, 1.54) is 24.8 Å². The van der Waals surface area contributed by atoms with Crippen molar-refractivity contribution in [2.45, 2.75) is 51.0 Å². The third-order valence-electron chi connectivity index (χ3n) is 7.06. The minimum Gasteiger partial charge on any atom is -0.497 e. The van der Waals surface area contributed by atoms with Crippen molar-refractivity contribution in [3.8, 4) is 0 Å². The number of ether oxygens (including phenoxy) is 2. The third kappa shape index (κ3) is 2.51. The highest BCUT2D eigenvalue weighted by Crippen LogP contribution is 2.68. The Morgan fingerprint density at radius 3 is 2.37 bits per heavy atom. The van der Waals surface area contributed by atoms with Gasteiger partial charge in [0.2, 0.25) is 0 Å². The van der Waals surface area contributed by atoms with Crippen LogP contribution in [0.4, 0.5) is 0 Å². The zero-order valence-corrected chi connectivity index (χ0v) is 17.2. The van der Waals surface area contributed by atoms with Crippen molar-refractivity contribution in [1.29, 1.82) is 0 Å². The van der Waals surface area contributed by atoms with Gasteiger partial charge in [-0.2, -0.15) is 0 Å². The molecular formula is C24H33NO2. The maximum Gasteiger partial charge on any atom is 0.108 e. The van der Waals surface area contributed by atoms with E-state index in [0.717, 1.165) is 17.9 Å². The minimum absolute atomic E-state index is 0.0626. The van der Waals surface area contributed by atoms with Gasteiger partial charge < -0.3 is 9.47 Å². The molecule has 3 aliphatic carbocycles. The van der Waals surface area contributed by atoms with E-state index >= 15 is 0 Å². The lowest BCUT2D eigenvalue weighted by atomic mass is 9.54. The molecule has 0 saturated heterocycles. The number of rotatable bonds is 6. The number of hydrogen-bond acceptors (Lipinski definition) is 3. The molecular weight excluding hydrogens is 334 g/mol. The van der Waals surface area contributed by atoms with Gasteiger partial charge in [0.15, 0.2) is 0 Å². The molecule has 0 amide bonds. The molecule has 0 heterocycles. The van der Waals surface area contributed by atoms with E-state index in [2.05, 4.69) is 75.3 Å². The van der Waals surface area contributed by atoms with Crippen molar-refractivity contribution >= 4 is 0 Å². The maximum atomic E-state index is 6.35. The quantitative estimate of drug-likeness (QED) is 0.697. The number of nitrogens with zero attached hydrogens (tertiary/aromatic N) is 1. The highest BCUT2D eigenvalue weighted by Gasteiger charge is 2.67. The average molecular weight is 368 g/mol. The monoisotopic (exact) mass is 367 g/mol. The number of likely N-dealkylation sites (N-methyl/N-ethyl adjacent to an activating group) is 1. The van der Waals surface area contributed by atoms with Gasteiger partial charge in [-0.05, 0) is 58.5 Å². The van der Waals surface area contributed by atoms with Crippen LogP contribution >= 0.6 is 0 Å². The Bertz CT molecular complexity index is 738. The van der Waals surface area contributed by atoms with Crippen molar-refractivity contribution < 1.29 is 9.47 Å². The molecule has 0 spiro atoms. The van der Waals surface area contributed by atoms with E-state index in [9.17, 15) is 0 Å². The van der Waals surface area contributed by atoms with Gasteiger partial charge in [-0.15, -0.1) is 0 Å². The van der Waals surface area contributed by atoms with Gasteiger partial charge in [0.25, 0.3) is 0 Å². The summed E-state index contributed by atoms with van der Waals surface area (Å²) in [5.74, 6) is 3.07. The van der Waals surface area contributed by atoms with Gasteiger partial charge in [-0.25, -0.2) is 0 Å². The van der Waals surface area contributed by atoms with E-state index in [0.29, 0.717) is 19.1 Å². The topological polar surface area (TPSA) is 21.7 Å². The Balaban J connectivity index is 1.97. The number of benzene rings is 1. The van der Waals surface area contributed by atoms with Gasteiger partial charge in [-0.1, -0.05) is 43.2 Å². The molecule has 1 aromatic carbocycles. The Hall–Kier alpha value is -1.74. The summed E-state index contributed by atoms with van der Waals surface area (Å²) in [6, 6.07) is 10.9. The van der Waals surface area contributed by atoms with Crippen LogP contribution in [0.2, 0.25) is 0 Å². The van der Waals surface area contributed by atoms with Crippen LogP contribution in [-0.2, 0) is 9.47 Å². The predicted molar refractivity (Wildman–Crippen MR) is 109 cm³/mol. The molecule has 0 unspecified atom stereocenters. The molecule has 4 rings (SSSR count). The fourth-order valence-corrected chi connectivity index (χ4v) is 6.09. The third-order valence-corrected chi connectivity index (χ3v) is 7.06. The Kier molecular flexibility index (Phi) is 4.84. The molecule has 3 aliphatic rings. The lowest BCUT2D eigenvalue weighted by molar-refractivity contribution is -0.0275. The fraction of sp³-hybridized carbons (Fsp3) is 0.583. The molecule has 0 aliphatic heterocycles.